The molecule has 6 nitrogen and oxygen atoms in total. The monoisotopic (exact) mass is 421 g/mol. The summed E-state index contributed by atoms with van der Waals surface area (Å²) in [6.07, 6.45) is 1.73. The van der Waals surface area contributed by atoms with E-state index in [0.717, 1.165) is 5.56 Å². The lowest BCUT2D eigenvalue weighted by atomic mass is 10.1. The van der Waals surface area contributed by atoms with Crippen LogP contribution in [0.3, 0.4) is 0 Å². The van der Waals surface area contributed by atoms with Crippen LogP contribution in [0.15, 0.2) is 59.4 Å². The minimum atomic E-state index is -0.296. The average molecular weight is 422 g/mol. The maximum Gasteiger partial charge on any atom is 0.261 e. The summed E-state index contributed by atoms with van der Waals surface area (Å²) in [6, 6.07) is 17.1. The first-order valence-electron chi connectivity index (χ1n) is 10.9. The second-order valence-electron chi connectivity index (χ2n) is 7.53. The Morgan fingerprint density at radius 2 is 1.81 bits per heavy atom. The SMILES string of the molecule is CCC(c1nc2ccccc2c(=O)n1CC)N(CCOC)C(=O)CCc1ccccc1. The number of carbonyl (C=O) groups is 1. The van der Waals surface area contributed by atoms with E-state index in [1.165, 1.54) is 0 Å². The van der Waals surface area contributed by atoms with Crippen molar-refractivity contribution in [2.75, 3.05) is 20.3 Å². The standard InChI is InChI=1S/C25H31N3O3/c1-4-22(24-26-21-14-10-9-13-20(21)25(30)27(24)5-2)28(17-18-31-3)23(29)16-15-19-11-7-6-8-12-19/h6-14,22H,4-5,15-18H2,1-3H3. The lowest BCUT2D eigenvalue weighted by Gasteiger charge is -2.32. The minimum absolute atomic E-state index is 0.0396. The van der Waals surface area contributed by atoms with Crippen LogP contribution in [-0.2, 0) is 22.5 Å². The maximum absolute atomic E-state index is 13.3. The molecule has 0 fully saturated rings. The molecule has 6 heteroatoms. The summed E-state index contributed by atoms with van der Waals surface area (Å²) < 4.78 is 6.98. The van der Waals surface area contributed by atoms with Crippen LogP contribution >= 0.6 is 0 Å². The zero-order chi connectivity index (χ0) is 22.2. The van der Waals surface area contributed by atoms with Gasteiger partial charge in [-0.2, -0.15) is 0 Å². The fourth-order valence-electron chi connectivity index (χ4n) is 3.97. The molecule has 0 saturated heterocycles. The molecule has 0 aliphatic carbocycles. The molecular formula is C25H31N3O3. The number of hydrogen-bond donors (Lipinski definition) is 0. The van der Waals surface area contributed by atoms with Gasteiger partial charge in [-0.05, 0) is 37.5 Å². The van der Waals surface area contributed by atoms with E-state index in [0.29, 0.717) is 55.7 Å². The summed E-state index contributed by atoms with van der Waals surface area (Å²) >= 11 is 0. The van der Waals surface area contributed by atoms with E-state index >= 15 is 0 Å². The quantitative estimate of drug-likeness (QED) is 0.497. The Kier molecular flexibility index (Phi) is 7.95. The number of rotatable bonds is 10. The van der Waals surface area contributed by atoms with Crippen LogP contribution < -0.4 is 5.56 Å². The number of aromatic nitrogens is 2. The second kappa shape index (κ2) is 10.9. The van der Waals surface area contributed by atoms with E-state index in [2.05, 4.69) is 0 Å². The zero-order valence-corrected chi connectivity index (χ0v) is 18.6. The van der Waals surface area contributed by atoms with Gasteiger partial charge in [0.2, 0.25) is 5.91 Å². The molecule has 1 aromatic heterocycles. The van der Waals surface area contributed by atoms with Gasteiger partial charge in [0.15, 0.2) is 0 Å². The smallest absolute Gasteiger partial charge is 0.261 e. The molecular weight excluding hydrogens is 390 g/mol. The third-order valence-electron chi connectivity index (χ3n) is 5.60. The Hall–Kier alpha value is -2.99. The Balaban J connectivity index is 1.97. The number of amides is 1. The molecule has 1 amide bonds. The van der Waals surface area contributed by atoms with E-state index in [1.807, 2.05) is 67.3 Å². The van der Waals surface area contributed by atoms with Gasteiger partial charge < -0.3 is 9.64 Å². The van der Waals surface area contributed by atoms with Crippen molar-refractivity contribution in [3.8, 4) is 0 Å². The zero-order valence-electron chi connectivity index (χ0n) is 18.6. The summed E-state index contributed by atoms with van der Waals surface area (Å²) in [7, 11) is 1.63. The number of nitrogens with zero attached hydrogens (tertiary/aromatic N) is 3. The van der Waals surface area contributed by atoms with Crippen molar-refractivity contribution in [3.63, 3.8) is 0 Å². The van der Waals surface area contributed by atoms with E-state index < -0.39 is 0 Å². The first kappa shape index (κ1) is 22.7. The summed E-state index contributed by atoms with van der Waals surface area (Å²) in [5.74, 6) is 0.677. The van der Waals surface area contributed by atoms with Crippen molar-refractivity contribution in [3.05, 3.63) is 76.3 Å². The minimum Gasteiger partial charge on any atom is -0.383 e. The molecule has 0 spiro atoms. The van der Waals surface area contributed by atoms with Crippen LogP contribution in [0.25, 0.3) is 10.9 Å². The topological polar surface area (TPSA) is 64.4 Å². The molecule has 3 rings (SSSR count). The van der Waals surface area contributed by atoms with Gasteiger partial charge in [0, 0.05) is 26.6 Å². The summed E-state index contributed by atoms with van der Waals surface area (Å²) in [5.41, 5.74) is 1.73. The normalized spacial score (nSPS) is 12.1. The van der Waals surface area contributed by atoms with Crippen LogP contribution in [0, 0.1) is 0 Å². The van der Waals surface area contributed by atoms with Crippen LogP contribution in [0.4, 0.5) is 0 Å². The summed E-state index contributed by atoms with van der Waals surface area (Å²) in [5, 5.41) is 0.599. The molecule has 164 valence electrons. The molecule has 31 heavy (non-hydrogen) atoms. The van der Waals surface area contributed by atoms with E-state index in [-0.39, 0.29) is 17.5 Å². The number of hydrogen-bond acceptors (Lipinski definition) is 4. The van der Waals surface area contributed by atoms with Crippen molar-refractivity contribution < 1.29 is 9.53 Å². The van der Waals surface area contributed by atoms with Crippen molar-refractivity contribution in [1.82, 2.24) is 14.5 Å². The third-order valence-corrected chi connectivity index (χ3v) is 5.60. The number of ether oxygens (including phenoxy) is 1. The summed E-state index contributed by atoms with van der Waals surface area (Å²) in [6.45, 7) is 5.34. The predicted octanol–water partition coefficient (Wildman–Crippen LogP) is 3.98. The van der Waals surface area contributed by atoms with Crippen LogP contribution in [0.1, 0.15) is 44.1 Å². The number of aryl methyl sites for hydroxylation is 1. The molecule has 1 atom stereocenters. The van der Waals surface area contributed by atoms with Gasteiger partial charge in [-0.3, -0.25) is 14.2 Å². The Bertz CT molecular complexity index is 1060. The number of carbonyl (C=O) groups excluding carboxylic acids is 1. The molecule has 3 aromatic rings. The fourth-order valence-corrected chi connectivity index (χ4v) is 3.97. The highest BCUT2D eigenvalue weighted by molar-refractivity contribution is 5.78. The summed E-state index contributed by atoms with van der Waals surface area (Å²) in [4.78, 5) is 33.1. The predicted molar refractivity (Wildman–Crippen MR) is 123 cm³/mol. The van der Waals surface area contributed by atoms with Crippen LogP contribution in [0.2, 0.25) is 0 Å². The van der Waals surface area contributed by atoms with Crippen molar-refractivity contribution in [1.29, 1.82) is 0 Å². The third kappa shape index (κ3) is 5.20. The first-order valence-corrected chi connectivity index (χ1v) is 10.9. The molecule has 1 unspecified atom stereocenters. The van der Waals surface area contributed by atoms with Gasteiger partial charge in [0.25, 0.3) is 5.56 Å². The molecule has 0 aliphatic rings. The van der Waals surface area contributed by atoms with E-state index in [1.54, 1.807) is 17.7 Å². The Morgan fingerprint density at radius 3 is 2.48 bits per heavy atom. The highest BCUT2D eigenvalue weighted by atomic mass is 16.5. The molecule has 0 saturated carbocycles. The highest BCUT2D eigenvalue weighted by Crippen LogP contribution is 2.25. The largest absolute Gasteiger partial charge is 0.383 e. The molecule has 0 N–H and O–H groups in total. The number of methoxy groups -OCH3 is 1. The van der Waals surface area contributed by atoms with Gasteiger partial charge in [-0.25, -0.2) is 4.98 Å². The van der Waals surface area contributed by atoms with E-state index in [9.17, 15) is 9.59 Å². The van der Waals surface area contributed by atoms with E-state index in [4.69, 9.17) is 9.72 Å². The molecule has 1 heterocycles. The number of para-hydroxylation sites is 1. The lowest BCUT2D eigenvalue weighted by Crippen LogP contribution is -2.40. The second-order valence-corrected chi connectivity index (χ2v) is 7.53. The van der Waals surface area contributed by atoms with Crippen molar-refractivity contribution in [2.24, 2.45) is 0 Å². The van der Waals surface area contributed by atoms with Gasteiger partial charge >= 0.3 is 0 Å². The molecule has 0 radical (unpaired) electrons. The Labute approximate surface area is 183 Å². The number of benzene rings is 2. The van der Waals surface area contributed by atoms with Crippen molar-refractivity contribution in [2.45, 2.75) is 45.7 Å². The lowest BCUT2D eigenvalue weighted by molar-refractivity contribution is -0.134. The van der Waals surface area contributed by atoms with Gasteiger partial charge in [-0.1, -0.05) is 49.4 Å². The van der Waals surface area contributed by atoms with Crippen molar-refractivity contribution >= 4 is 16.8 Å². The van der Waals surface area contributed by atoms with Crippen LogP contribution in [0.5, 0.6) is 0 Å². The first-order chi connectivity index (χ1) is 15.1. The maximum atomic E-state index is 13.3. The van der Waals surface area contributed by atoms with Crippen LogP contribution in [-0.4, -0.2) is 40.6 Å². The highest BCUT2D eigenvalue weighted by Gasteiger charge is 2.27. The number of fused-ring (bicyclic) bond motifs is 1. The molecule has 2 aromatic carbocycles. The van der Waals surface area contributed by atoms with Gasteiger partial charge in [0.1, 0.15) is 5.82 Å². The Morgan fingerprint density at radius 1 is 1.10 bits per heavy atom. The van der Waals surface area contributed by atoms with Gasteiger partial charge in [-0.15, -0.1) is 0 Å². The van der Waals surface area contributed by atoms with Gasteiger partial charge in [0.05, 0.1) is 23.6 Å². The molecule has 0 bridgehead atoms. The molecule has 0 aliphatic heterocycles. The average Bonchev–Trinajstić information content (AvgIpc) is 2.81. The fraction of sp³-hybridized carbons (Fsp3) is 0.400.